The molecular weight excluding hydrogens is 416 g/mol. The first-order valence-electron chi connectivity index (χ1n) is 8.93. The third kappa shape index (κ3) is 5.00. The van der Waals surface area contributed by atoms with Crippen LogP contribution in [0.1, 0.15) is 10.4 Å². The number of fused-ring (bicyclic) bond motifs is 1. The number of hydroxylamine groups is 1. The fourth-order valence-electron chi connectivity index (χ4n) is 2.56. The summed E-state index contributed by atoms with van der Waals surface area (Å²) in [6, 6.07) is 10.4. The molecule has 2 aromatic rings. The molecule has 0 saturated heterocycles. The van der Waals surface area contributed by atoms with E-state index in [1.807, 2.05) is 0 Å². The minimum atomic E-state index is -3.79. The molecule has 10 nitrogen and oxygen atoms in total. The number of nitrogens with one attached hydrogen (secondary N) is 1. The van der Waals surface area contributed by atoms with E-state index in [1.165, 1.54) is 38.4 Å². The Hall–Kier alpha value is -2.86. The topological polar surface area (TPSA) is 124 Å². The minimum Gasteiger partial charge on any atom is -0.491 e. The van der Waals surface area contributed by atoms with Crippen molar-refractivity contribution in [1.82, 2.24) is 9.79 Å². The Kier molecular flexibility index (Phi) is 6.77. The molecule has 11 heteroatoms. The normalized spacial score (nSPS) is 13.9. The van der Waals surface area contributed by atoms with Gasteiger partial charge in [-0.2, -0.15) is 0 Å². The molecule has 0 saturated carbocycles. The van der Waals surface area contributed by atoms with Crippen LogP contribution in [0.25, 0.3) is 0 Å². The molecule has 1 heterocycles. The molecular formula is C19H22N2O8S. The monoisotopic (exact) mass is 438 g/mol. The number of rotatable bonds is 9. The first-order valence-corrected chi connectivity index (χ1v) is 10.4. The average molecular weight is 438 g/mol. The molecule has 0 aromatic heterocycles. The van der Waals surface area contributed by atoms with Crippen LogP contribution >= 0.6 is 0 Å². The first kappa shape index (κ1) is 21.8. The number of hydrogen-bond donors (Lipinski definition) is 2. The van der Waals surface area contributed by atoms with Crippen LogP contribution in [0.2, 0.25) is 0 Å². The third-order valence-corrected chi connectivity index (χ3v) is 5.99. The van der Waals surface area contributed by atoms with E-state index in [4.69, 9.17) is 19.0 Å². The van der Waals surface area contributed by atoms with Crippen molar-refractivity contribution in [2.75, 3.05) is 34.1 Å². The molecule has 2 aromatic carbocycles. The highest BCUT2D eigenvalue weighted by Gasteiger charge is 2.21. The second-order valence-electron chi connectivity index (χ2n) is 6.31. The first-order chi connectivity index (χ1) is 14.3. The van der Waals surface area contributed by atoms with E-state index in [-0.39, 0.29) is 30.4 Å². The van der Waals surface area contributed by atoms with E-state index in [2.05, 4.69) is 5.32 Å². The van der Waals surface area contributed by atoms with Gasteiger partial charge in [0.05, 0.1) is 12.0 Å². The Morgan fingerprint density at radius 2 is 1.90 bits per heavy atom. The number of nitrogens with zero attached hydrogens (tertiary/aromatic N) is 1. The van der Waals surface area contributed by atoms with Crippen LogP contribution in [0.3, 0.4) is 0 Å². The minimum absolute atomic E-state index is 0.0134. The molecule has 0 radical (unpaired) electrons. The number of amides is 1. The molecule has 2 N–H and O–H groups in total. The Labute approximate surface area is 173 Å². The van der Waals surface area contributed by atoms with Gasteiger partial charge in [0.1, 0.15) is 18.5 Å². The summed E-state index contributed by atoms with van der Waals surface area (Å²) < 4.78 is 41.0. The fourth-order valence-corrected chi connectivity index (χ4v) is 3.53. The summed E-state index contributed by atoms with van der Waals surface area (Å²) in [5.41, 5.74) is 0.248. The van der Waals surface area contributed by atoms with Crippen molar-refractivity contribution in [2.24, 2.45) is 0 Å². The highest BCUT2D eigenvalue weighted by molar-refractivity contribution is 7.89. The Morgan fingerprint density at radius 1 is 1.20 bits per heavy atom. The molecule has 1 amide bonds. The van der Waals surface area contributed by atoms with Gasteiger partial charge in [-0.05, 0) is 36.4 Å². The lowest BCUT2D eigenvalue weighted by molar-refractivity contribution is -0.0258. The largest absolute Gasteiger partial charge is 0.491 e. The van der Waals surface area contributed by atoms with Crippen molar-refractivity contribution in [3.63, 3.8) is 0 Å². The lowest BCUT2D eigenvalue weighted by Gasteiger charge is -2.15. The number of benzene rings is 2. The number of carbonyl (C=O) groups is 1. The summed E-state index contributed by atoms with van der Waals surface area (Å²) in [5, 5.41) is 12.6. The number of carbonyl (C=O) groups excluding carboxylic acids is 1. The molecule has 1 aliphatic heterocycles. The lowest BCUT2D eigenvalue weighted by Crippen LogP contribution is -2.35. The fraction of sp³-hybridized carbons (Fsp3) is 0.316. The molecule has 0 spiro atoms. The standard InChI is InChI=1S/C19H22N2O8S/c1-21(26-2)30(24,25)16-6-3-13(4-7-16)19(23)20-10-14(22)11-27-15-5-8-17-18(9-15)29-12-28-17/h3-9,14,22H,10-12H2,1-2H3,(H,20,23). The number of aliphatic hydroxyl groups excluding tert-OH is 1. The van der Waals surface area contributed by atoms with Crippen molar-refractivity contribution in [1.29, 1.82) is 0 Å². The van der Waals surface area contributed by atoms with Gasteiger partial charge in [0.25, 0.3) is 15.9 Å². The van der Waals surface area contributed by atoms with Crippen molar-refractivity contribution < 1.29 is 37.4 Å². The van der Waals surface area contributed by atoms with Crippen LogP contribution in [0.4, 0.5) is 0 Å². The van der Waals surface area contributed by atoms with Gasteiger partial charge >= 0.3 is 0 Å². The van der Waals surface area contributed by atoms with Crippen LogP contribution in [0.5, 0.6) is 17.2 Å². The van der Waals surface area contributed by atoms with Gasteiger partial charge in [-0.1, -0.05) is 4.47 Å². The van der Waals surface area contributed by atoms with Crippen molar-refractivity contribution in [2.45, 2.75) is 11.0 Å². The maximum absolute atomic E-state index is 12.2. The summed E-state index contributed by atoms with van der Waals surface area (Å²) in [5.74, 6) is 1.24. The molecule has 162 valence electrons. The Balaban J connectivity index is 1.49. The zero-order valence-corrected chi connectivity index (χ0v) is 17.2. The van der Waals surface area contributed by atoms with Crippen LogP contribution in [0.15, 0.2) is 47.4 Å². The summed E-state index contributed by atoms with van der Waals surface area (Å²) >= 11 is 0. The predicted molar refractivity (Wildman–Crippen MR) is 105 cm³/mol. The second kappa shape index (κ2) is 9.30. The SMILES string of the molecule is CON(C)S(=O)(=O)c1ccc(C(=O)NCC(O)COc2ccc3c(c2)OCO3)cc1. The van der Waals surface area contributed by atoms with Gasteiger partial charge in [0.2, 0.25) is 6.79 Å². The van der Waals surface area contributed by atoms with E-state index in [1.54, 1.807) is 18.2 Å². The van der Waals surface area contributed by atoms with E-state index in [9.17, 15) is 18.3 Å². The smallest absolute Gasteiger partial charge is 0.264 e. The van der Waals surface area contributed by atoms with Crippen molar-refractivity contribution in [3.8, 4) is 17.2 Å². The van der Waals surface area contributed by atoms with Gasteiger partial charge < -0.3 is 24.6 Å². The van der Waals surface area contributed by atoms with Crippen LogP contribution in [0, 0.1) is 0 Å². The molecule has 30 heavy (non-hydrogen) atoms. The van der Waals surface area contributed by atoms with Gasteiger partial charge in [-0.15, -0.1) is 0 Å². The quantitative estimate of drug-likeness (QED) is 0.550. The second-order valence-corrected chi connectivity index (χ2v) is 8.25. The lowest BCUT2D eigenvalue weighted by atomic mass is 10.2. The summed E-state index contributed by atoms with van der Waals surface area (Å²) in [4.78, 5) is 16.9. The molecule has 1 unspecified atom stereocenters. The molecule has 3 rings (SSSR count). The maximum atomic E-state index is 12.2. The number of sulfonamides is 1. The third-order valence-electron chi connectivity index (χ3n) is 4.29. The molecule has 0 aliphatic carbocycles. The van der Waals surface area contributed by atoms with E-state index in [0.717, 1.165) is 4.47 Å². The van der Waals surface area contributed by atoms with Gasteiger partial charge in [0.15, 0.2) is 11.5 Å². The molecule has 1 atom stereocenters. The number of aliphatic hydroxyl groups is 1. The van der Waals surface area contributed by atoms with Crippen molar-refractivity contribution >= 4 is 15.9 Å². The Bertz CT molecular complexity index is 994. The number of ether oxygens (including phenoxy) is 3. The summed E-state index contributed by atoms with van der Waals surface area (Å²) in [6.07, 6.45) is -0.950. The predicted octanol–water partition coefficient (Wildman–Crippen LogP) is 0.767. The number of hydrogen-bond acceptors (Lipinski definition) is 8. The van der Waals surface area contributed by atoms with Gasteiger partial charge in [-0.3, -0.25) is 9.63 Å². The Morgan fingerprint density at radius 3 is 2.60 bits per heavy atom. The van der Waals surface area contributed by atoms with E-state index < -0.39 is 22.0 Å². The highest BCUT2D eigenvalue weighted by Crippen LogP contribution is 2.35. The van der Waals surface area contributed by atoms with Crippen molar-refractivity contribution in [3.05, 3.63) is 48.0 Å². The zero-order valence-electron chi connectivity index (χ0n) is 16.4. The summed E-state index contributed by atoms with van der Waals surface area (Å²) in [7, 11) is -1.28. The van der Waals surface area contributed by atoms with Gasteiger partial charge in [0, 0.05) is 25.2 Å². The van der Waals surface area contributed by atoms with E-state index >= 15 is 0 Å². The van der Waals surface area contributed by atoms with Gasteiger partial charge in [-0.25, -0.2) is 8.42 Å². The molecule has 0 bridgehead atoms. The maximum Gasteiger partial charge on any atom is 0.264 e. The molecule has 0 fully saturated rings. The average Bonchev–Trinajstić information content (AvgIpc) is 3.23. The zero-order chi connectivity index (χ0) is 21.7. The van der Waals surface area contributed by atoms with Crippen LogP contribution in [-0.2, 0) is 14.9 Å². The molecule has 1 aliphatic rings. The van der Waals surface area contributed by atoms with Crippen LogP contribution < -0.4 is 19.5 Å². The summed E-state index contributed by atoms with van der Waals surface area (Å²) in [6.45, 7) is 0.0692. The van der Waals surface area contributed by atoms with E-state index in [0.29, 0.717) is 17.2 Å². The van der Waals surface area contributed by atoms with Crippen LogP contribution in [-0.4, -0.2) is 64.1 Å². The highest BCUT2D eigenvalue weighted by atomic mass is 32.2.